The van der Waals surface area contributed by atoms with Crippen molar-refractivity contribution in [1.29, 1.82) is 0 Å². The third-order valence-electron chi connectivity index (χ3n) is 5.07. The van der Waals surface area contributed by atoms with Crippen LogP contribution in [0.1, 0.15) is 23.3 Å². The Hall–Kier alpha value is -2.45. The van der Waals surface area contributed by atoms with Crippen molar-refractivity contribution in [2.75, 3.05) is 38.1 Å². The highest BCUT2D eigenvalue weighted by Crippen LogP contribution is 2.22. The van der Waals surface area contributed by atoms with Gasteiger partial charge in [-0.25, -0.2) is 9.78 Å². The molecule has 0 spiro atoms. The molecule has 7 nitrogen and oxygen atoms in total. The lowest BCUT2D eigenvalue weighted by Gasteiger charge is -2.35. The van der Waals surface area contributed by atoms with Crippen LogP contribution in [0.3, 0.4) is 0 Å². The first-order valence-corrected chi connectivity index (χ1v) is 10.5. The van der Waals surface area contributed by atoms with Crippen LogP contribution in [0.25, 0.3) is 0 Å². The van der Waals surface area contributed by atoms with E-state index in [2.05, 4.69) is 22.4 Å². The maximum absolute atomic E-state index is 12.5. The zero-order valence-corrected chi connectivity index (χ0v) is 16.5. The van der Waals surface area contributed by atoms with Crippen LogP contribution in [-0.2, 0) is 16.0 Å². The molecule has 2 aromatic rings. The van der Waals surface area contributed by atoms with E-state index in [0.29, 0.717) is 37.9 Å². The molecule has 148 valence electrons. The summed E-state index contributed by atoms with van der Waals surface area (Å²) in [4.78, 5) is 33.9. The van der Waals surface area contributed by atoms with Crippen molar-refractivity contribution in [3.63, 3.8) is 0 Å². The van der Waals surface area contributed by atoms with Crippen molar-refractivity contribution in [3.05, 3.63) is 47.0 Å². The number of thiazole rings is 1. The third kappa shape index (κ3) is 4.51. The summed E-state index contributed by atoms with van der Waals surface area (Å²) in [5.74, 6) is 0.0584. The van der Waals surface area contributed by atoms with Crippen LogP contribution in [0.15, 0.2) is 36.5 Å². The summed E-state index contributed by atoms with van der Waals surface area (Å²) in [5.41, 5.74) is 1.22. The summed E-state index contributed by atoms with van der Waals surface area (Å²) in [7, 11) is 0. The van der Waals surface area contributed by atoms with Crippen LogP contribution in [0.2, 0.25) is 0 Å². The molecule has 2 fully saturated rings. The van der Waals surface area contributed by atoms with Gasteiger partial charge in [-0.05, 0) is 18.4 Å². The molecule has 1 atom stereocenters. The average Bonchev–Trinajstić information content (AvgIpc) is 3.41. The lowest BCUT2D eigenvalue weighted by atomic mass is 10.1. The molecule has 8 heteroatoms. The quantitative estimate of drug-likeness (QED) is 0.856. The van der Waals surface area contributed by atoms with Crippen molar-refractivity contribution >= 4 is 28.4 Å². The molecule has 0 radical (unpaired) electrons. The number of ether oxygens (including phenoxy) is 1. The molecular weight excluding hydrogens is 376 g/mol. The molecule has 2 aliphatic rings. The molecule has 3 heterocycles. The highest BCUT2D eigenvalue weighted by atomic mass is 32.1. The Bertz CT molecular complexity index is 812. The molecule has 2 aliphatic heterocycles. The molecule has 3 amide bonds. The van der Waals surface area contributed by atoms with Gasteiger partial charge in [0.15, 0.2) is 5.13 Å². The smallest absolute Gasteiger partial charge is 0.323 e. The van der Waals surface area contributed by atoms with Crippen molar-refractivity contribution in [2.45, 2.75) is 25.4 Å². The van der Waals surface area contributed by atoms with E-state index in [9.17, 15) is 9.59 Å². The van der Waals surface area contributed by atoms with Gasteiger partial charge < -0.3 is 14.5 Å². The Balaban J connectivity index is 1.26. The molecule has 1 aromatic heterocycles. The van der Waals surface area contributed by atoms with E-state index >= 15 is 0 Å². The molecule has 2 saturated heterocycles. The second-order valence-electron chi connectivity index (χ2n) is 7.04. The van der Waals surface area contributed by atoms with E-state index < -0.39 is 0 Å². The number of carbonyl (C=O) groups excluding carboxylic acids is 2. The van der Waals surface area contributed by atoms with Crippen LogP contribution in [0.4, 0.5) is 9.93 Å². The second kappa shape index (κ2) is 8.70. The third-order valence-corrected chi connectivity index (χ3v) is 5.99. The highest BCUT2D eigenvalue weighted by molar-refractivity contribution is 7.15. The fraction of sp³-hybridized carbons (Fsp3) is 0.450. The number of benzene rings is 1. The Labute approximate surface area is 168 Å². The number of piperazine rings is 1. The molecule has 0 aliphatic carbocycles. The first-order valence-electron chi connectivity index (χ1n) is 9.64. The Morgan fingerprint density at radius 2 is 1.89 bits per heavy atom. The largest absolute Gasteiger partial charge is 0.368 e. The molecule has 1 N–H and O–H groups in total. The number of urea groups is 1. The van der Waals surface area contributed by atoms with Gasteiger partial charge in [0.05, 0.1) is 0 Å². The van der Waals surface area contributed by atoms with E-state index in [-0.39, 0.29) is 18.0 Å². The van der Waals surface area contributed by atoms with Gasteiger partial charge in [-0.3, -0.25) is 10.1 Å². The monoisotopic (exact) mass is 400 g/mol. The van der Waals surface area contributed by atoms with E-state index in [0.717, 1.165) is 24.1 Å². The van der Waals surface area contributed by atoms with Gasteiger partial charge in [-0.1, -0.05) is 30.3 Å². The number of nitrogens with zero attached hydrogens (tertiary/aromatic N) is 3. The van der Waals surface area contributed by atoms with Gasteiger partial charge in [-0.2, -0.15) is 0 Å². The number of carbonyl (C=O) groups is 2. The van der Waals surface area contributed by atoms with Crippen molar-refractivity contribution in [2.24, 2.45) is 0 Å². The SMILES string of the molecule is O=C(Nc1ncc(Cc2ccccc2)s1)N1CCN(C(=O)[C@@H]2CCCO2)CC1. The number of aromatic nitrogens is 1. The predicted molar refractivity (Wildman–Crippen MR) is 108 cm³/mol. The first-order chi connectivity index (χ1) is 13.7. The van der Waals surface area contributed by atoms with Crippen molar-refractivity contribution in [1.82, 2.24) is 14.8 Å². The van der Waals surface area contributed by atoms with Gasteiger partial charge in [-0.15, -0.1) is 11.3 Å². The zero-order valence-electron chi connectivity index (χ0n) is 15.7. The van der Waals surface area contributed by atoms with Gasteiger partial charge in [0, 0.05) is 50.3 Å². The summed E-state index contributed by atoms with van der Waals surface area (Å²) in [6.45, 7) is 2.80. The maximum Gasteiger partial charge on any atom is 0.323 e. The number of nitrogens with one attached hydrogen (secondary N) is 1. The predicted octanol–water partition coefficient (Wildman–Crippen LogP) is 2.59. The van der Waals surface area contributed by atoms with E-state index in [1.54, 1.807) is 9.80 Å². The topological polar surface area (TPSA) is 74.8 Å². The lowest BCUT2D eigenvalue weighted by molar-refractivity contribution is -0.142. The van der Waals surface area contributed by atoms with E-state index in [4.69, 9.17) is 4.74 Å². The Kier molecular flexibility index (Phi) is 5.87. The van der Waals surface area contributed by atoms with E-state index in [1.807, 2.05) is 24.4 Å². The Morgan fingerprint density at radius 3 is 2.61 bits per heavy atom. The average molecular weight is 401 g/mol. The minimum Gasteiger partial charge on any atom is -0.368 e. The van der Waals surface area contributed by atoms with Crippen LogP contribution >= 0.6 is 11.3 Å². The molecule has 0 unspecified atom stereocenters. The van der Waals surface area contributed by atoms with Crippen molar-refractivity contribution in [3.8, 4) is 0 Å². The number of hydrogen-bond acceptors (Lipinski definition) is 5. The van der Waals surface area contributed by atoms with Gasteiger partial charge in [0.25, 0.3) is 5.91 Å². The van der Waals surface area contributed by atoms with Crippen molar-refractivity contribution < 1.29 is 14.3 Å². The fourth-order valence-corrected chi connectivity index (χ4v) is 4.36. The molecule has 28 heavy (non-hydrogen) atoms. The Morgan fingerprint density at radius 1 is 1.14 bits per heavy atom. The fourth-order valence-electron chi connectivity index (χ4n) is 3.52. The number of hydrogen-bond donors (Lipinski definition) is 1. The van der Waals surface area contributed by atoms with Gasteiger partial charge in [0.2, 0.25) is 0 Å². The first kappa shape index (κ1) is 18.9. The van der Waals surface area contributed by atoms with Gasteiger partial charge >= 0.3 is 6.03 Å². The molecule has 0 saturated carbocycles. The number of amides is 3. The second-order valence-corrected chi connectivity index (χ2v) is 8.15. The van der Waals surface area contributed by atoms with Crippen LogP contribution in [0, 0.1) is 0 Å². The normalized spacial score (nSPS) is 19.6. The minimum absolute atomic E-state index is 0.0584. The molecule has 4 rings (SSSR count). The van der Waals surface area contributed by atoms with Crippen LogP contribution in [0.5, 0.6) is 0 Å². The summed E-state index contributed by atoms with van der Waals surface area (Å²) in [6, 6.07) is 10.0. The molecule has 1 aromatic carbocycles. The standard InChI is InChI=1S/C20H24N4O3S/c25-18(17-7-4-12-27-17)23-8-10-24(11-9-23)20(26)22-19-21-14-16(28-19)13-15-5-2-1-3-6-15/h1-3,5-6,14,17H,4,7-13H2,(H,21,22,26)/t17-/m0/s1. The van der Waals surface area contributed by atoms with Crippen LogP contribution < -0.4 is 5.32 Å². The molecular formula is C20H24N4O3S. The number of anilines is 1. The highest BCUT2D eigenvalue weighted by Gasteiger charge is 2.31. The summed E-state index contributed by atoms with van der Waals surface area (Å²) < 4.78 is 5.48. The zero-order chi connectivity index (χ0) is 19.3. The van der Waals surface area contributed by atoms with Gasteiger partial charge in [0.1, 0.15) is 6.10 Å². The number of rotatable bonds is 4. The molecule has 0 bridgehead atoms. The summed E-state index contributed by atoms with van der Waals surface area (Å²) in [5, 5.41) is 3.49. The van der Waals surface area contributed by atoms with E-state index in [1.165, 1.54) is 16.9 Å². The summed E-state index contributed by atoms with van der Waals surface area (Å²) >= 11 is 1.49. The maximum atomic E-state index is 12.5. The lowest BCUT2D eigenvalue weighted by Crippen LogP contribution is -2.53. The summed E-state index contributed by atoms with van der Waals surface area (Å²) in [6.07, 6.45) is 4.07. The van der Waals surface area contributed by atoms with Crippen LogP contribution in [-0.4, -0.2) is 65.6 Å². The minimum atomic E-state index is -0.293.